The molecule has 2 N–H and O–H groups in total. The van der Waals surface area contributed by atoms with Crippen LogP contribution in [0.4, 0.5) is 0 Å². The summed E-state index contributed by atoms with van der Waals surface area (Å²) >= 11 is 0. The molecule has 1 aromatic rings. The maximum Gasteiger partial charge on any atom is 0.0297 e. The number of benzene rings is 1. The minimum atomic E-state index is 0.164. The van der Waals surface area contributed by atoms with E-state index in [1.807, 2.05) is 6.08 Å². The van der Waals surface area contributed by atoms with Crippen molar-refractivity contribution in [1.82, 2.24) is 0 Å². The molecule has 0 aromatic heterocycles. The van der Waals surface area contributed by atoms with Gasteiger partial charge in [0.2, 0.25) is 0 Å². The lowest BCUT2D eigenvalue weighted by Gasteiger charge is -2.25. The Labute approximate surface area is 118 Å². The number of allylic oxidation sites excluding steroid dienone is 1. The first-order chi connectivity index (χ1) is 8.96. The summed E-state index contributed by atoms with van der Waals surface area (Å²) in [7, 11) is 0. The van der Waals surface area contributed by atoms with Crippen LogP contribution in [0.15, 0.2) is 36.9 Å². The third kappa shape index (κ3) is 5.20. The van der Waals surface area contributed by atoms with Crippen molar-refractivity contribution < 1.29 is 0 Å². The molecule has 0 heterocycles. The van der Waals surface area contributed by atoms with E-state index >= 15 is 0 Å². The fourth-order valence-electron chi connectivity index (χ4n) is 2.49. The fourth-order valence-corrected chi connectivity index (χ4v) is 2.49. The number of unbranched alkanes of at least 4 members (excludes halogenated alkanes) is 3. The van der Waals surface area contributed by atoms with Crippen molar-refractivity contribution >= 4 is 0 Å². The molecule has 0 bridgehead atoms. The molecular weight excluding hydrogens is 230 g/mol. The second-order valence-electron chi connectivity index (χ2n) is 6.37. The number of hydrogen-bond donors (Lipinski definition) is 1. The molecule has 0 saturated carbocycles. The molecule has 106 valence electrons. The van der Waals surface area contributed by atoms with Gasteiger partial charge in [-0.25, -0.2) is 0 Å². The smallest absolute Gasteiger partial charge is 0.0297 e. The average Bonchev–Trinajstić information content (AvgIpc) is 2.37. The maximum atomic E-state index is 6.39. The highest BCUT2D eigenvalue weighted by Gasteiger charge is 2.20. The van der Waals surface area contributed by atoms with Gasteiger partial charge in [0.15, 0.2) is 0 Å². The molecule has 19 heavy (non-hydrogen) atoms. The molecule has 0 aliphatic carbocycles. The lowest BCUT2D eigenvalue weighted by molar-refractivity contribution is 0.538. The predicted octanol–water partition coefficient (Wildman–Crippen LogP) is 5.12. The first-order valence-electron chi connectivity index (χ1n) is 7.42. The van der Waals surface area contributed by atoms with Gasteiger partial charge in [0.1, 0.15) is 0 Å². The van der Waals surface area contributed by atoms with Crippen molar-refractivity contribution in [3.8, 4) is 0 Å². The second-order valence-corrected chi connectivity index (χ2v) is 6.37. The van der Waals surface area contributed by atoms with Crippen molar-refractivity contribution in [3.05, 3.63) is 48.0 Å². The first-order valence-corrected chi connectivity index (χ1v) is 7.42. The summed E-state index contributed by atoms with van der Waals surface area (Å²) in [5.74, 6) is 0. The Kier molecular flexibility index (Phi) is 6.30. The first kappa shape index (κ1) is 16.0. The highest BCUT2D eigenvalue weighted by molar-refractivity contribution is 5.34. The number of rotatable bonds is 7. The van der Waals surface area contributed by atoms with Gasteiger partial charge in [-0.15, -0.1) is 6.58 Å². The van der Waals surface area contributed by atoms with E-state index in [1.54, 1.807) is 0 Å². The summed E-state index contributed by atoms with van der Waals surface area (Å²) in [4.78, 5) is 0. The lowest BCUT2D eigenvalue weighted by Crippen LogP contribution is -2.19. The lowest BCUT2D eigenvalue weighted by atomic mass is 9.81. The van der Waals surface area contributed by atoms with E-state index in [0.717, 1.165) is 12.8 Å². The topological polar surface area (TPSA) is 26.0 Å². The molecular formula is C18H29N. The SMILES string of the molecule is C=CCCCCCC(N)c1ccccc1C(C)(C)C. The van der Waals surface area contributed by atoms with E-state index in [1.165, 1.54) is 30.4 Å². The van der Waals surface area contributed by atoms with Crippen LogP contribution in [-0.4, -0.2) is 0 Å². The van der Waals surface area contributed by atoms with Gasteiger partial charge < -0.3 is 5.73 Å². The quantitative estimate of drug-likeness (QED) is 0.534. The molecule has 1 atom stereocenters. The van der Waals surface area contributed by atoms with Gasteiger partial charge in [-0.3, -0.25) is 0 Å². The summed E-state index contributed by atoms with van der Waals surface area (Å²) < 4.78 is 0. The summed E-state index contributed by atoms with van der Waals surface area (Å²) in [6, 6.07) is 8.78. The molecule has 1 aromatic carbocycles. The molecule has 0 aliphatic rings. The van der Waals surface area contributed by atoms with Crippen molar-refractivity contribution in [2.75, 3.05) is 0 Å². The highest BCUT2D eigenvalue weighted by Crippen LogP contribution is 2.30. The highest BCUT2D eigenvalue weighted by atomic mass is 14.6. The molecule has 0 radical (unpaired) electrons. The Hall–Kier alpha value is -1.08. The molecule has 0 aliphatic heterocycles. The maximum absolute atomic E-state index is 6.39. The molecule has 1 rings (SSSR count). The van der Waals surface area contributed by atoms with E-state index in [9.17, 15) is 0 Å². The van der Waals surface area contributed by atoms with Gasteiger partial charge in [0.25, 0.3) is 0 Å². The zero-order valence-corrected chi connectivity index (χ0v) is 12.8. The molecule has 0 amide bonds. The Balaban J connectivity index is 2.61. The van der Waals surface area contributed by atoms with Crippen molar-refractivity contribution in [2.45, 2.75) is 64.3 Å². The Morgan fingerprint density at radius 3 is 2.47 bits per heavy atom. The predicted molar refractivity (Wildman–Crippen MR) is 85.4 cm³/mol. The van der Waals surface area contributed by atoms with Crippen LogP contribution < -0.4 is 5.73 Å². The van der Waals surface area contributed by atoms with E-state index in [2.05, 4.69) is 51.6 Å². The van der Waals surface area contributed by atoms with Gasteiger partial charge in [0.05, 0.1) is 0 Å². The largest absolute Gasteiger partial charge is 0.324 e. The Morgan fingerprint density at radius 2 is 1.84 bits per heavy atom. The molecule has 0 saturated heterocycles. The summed E-state index contributed by atoms with van der Waals surface area (Å²) in [5.41, 5.74) is 9.25. The molecule has 1 heteroatoms. The van der Waals surface area contributed by atoms with Crippen LogP contribution in [0.25, 0.3) is 0 Å². The Morgan fingerprint density at radius 1 is 1.16 bits per heavy atom. The van der Waals surface area contributed by atoms with Crippen LogP contribution in [0.2, 0.25) is 0 Å². The van der Waals surface area contributed by atoms with Crippen molar-refractivity contribution in [3.63, 3.8) is 0 Å². The molecule has 1 nitrogen and oxygen atoms in total. The minimum Gasteiger partial charge on any atom is -0.324 e. The van der Waals surface area contributed by atoms with E-state index < -0.39 is 0 Å². The van der Waals surface area contributed by atoms with E-state index in [0.29, 0.717) is 0 Å². The molecule has 0 spiro atoms. The zero-order chi connectivity index (χ0) is 14.3. The minimum absolute atomic E-state index is 0.164. The third-order valence-electron chi connectivity index (χ3n) is 3.59. The summed E-state index contributed by atoms with van der Waals surface area (Å²) in [6.45, 7) is 10.5. The number of hydrogen-bond acceptors (Lipinski definition) is 1. The second kappa shape index (κ2) is 7.49. The summed E-state index contributed by atoms with van der Waals surface area (Å²) in [6.07, 6.45) is 7.87. The van der Waals surface area contributed by atoms with Gasteiger partial charge in [-0.1, -0.05) is 64.0 Å². The summed E-state index contributed by atoms with van der Waals surface area (Å²) in [5, 5.41) is 0. The molecule has 0 fully saturated rings. The third-order valence-corrected chi connectivity index (χ3v) is 3.59. The van der Waals surface area contributed by atoms with Crippen LogP contribution in [0, 0.1) is 0 Å². The van der Waals surface area contributed by atoms with Crippen molar-refractivity contribution in [2.24, 2.45) is 5.73 Å². The molecule has 1 unspecified atom stereocenters. The van der Waals surface area contributed by atoms with Crippen LogP contribution in [0.3, 0.4) is 0 Å². The van der Waals surface area contributed by atoms with Crippen LogP contribution >= 0.6 is 0 Å². The average molecular weight is 259 g/mol. The zero-order valence-electron chi connectivity index (χ0n) is 12.8. The Bertz CT molecular complexity index is 387. The fraction of sp³-hybridized carbons (Fsp3) is 0.556. The standard InChI is InChI=1S/C18H29N/c1-5-6-7-8-9-14-17(19)15-12-10-11-13-16(15)18(2,3)4/h5,10-13,17H,1,6-9,14,19H2,2-4H3. The van der Waals surface area contributed by atoms with Crippen LogP contribution in [0.1, 0.15) is 70.0 Å². The van der Waals surface area contributed by atoms with Crippen molar-refractivity contribution in [1.29, 1.82) is 0 Å². The van der Waals surface area contributed by atoms with Gasteiger partial charge in [-0.2, -0.15) is 0 Å². The normalized spacial score (nSPS) is 13.3. The van der Waals surface area contributed by atoms with E-state index in [-0.39, 0.29) is 11.5 Å². The van der Waals surface area contributed by atoms with E-state index in [4.69, 9.17) is 5.73 Å². The van der Waals surface area contributed by atoms with Gasteiger partial charge in [0, 0.05) is 6.04 Å². The number of nitrogens with two attached hydrogens (primary N) is 1. The van der Waals surface area contributed by atoms with Crippen LogP contribution in [0.5, 0.6) is 0 Å². The van der Waals surface area contributed by atoms with Gasteiger partial charge >= 0.3 is 0 Å². The monoisotopic (exact) mass is 259 g/mol. The van der Waals surface area contributed by atoms with Crippen LogP contribution in [-0.2, 0) is 5.41 Å². The van der Waals surface area contributed by atoms with Gasteiger partial charge in [-0.05, 0) is 35.8 Å².